The fourth-order valence-corrected chi connectivity index (χ4v) is 3.39. The molecule has 0 unspecified atom stereocenters. The van der Waals surface area contributed by atoms with Crippen LogP contribution in [0.5, 0.6) is 0 Å². The number of benzene rings is 1. The minimum atomic E-state index is -0.254. The van der Waals surface area contributed by atoms with Gasteiger partial charge >= 0.3 is 0 Å². The molecule has 3 aromatic rings. The summed E-state index contributed by atoms with van der Waals surface area (Å²) >= 11 is 1.54. The third-order valence-electron chi connectivity index (χ3n) is 3.56. The monoisotopic (exact) mass is 317 g/mol. The first-order valence-electron chi connectivity index (χ1n) is 7.08. The van der Waals surface area contributed by atoms with E-state index in [1.54, 1.807) is 18.5 Å². The molecule has 1 N–H and O–H groups in total. The summed E-state index contributed by atoms with van der Waals surface area (Å²) in [7, 11) is 0. The lowest BCUT2D eigenvalue weighted by atomic mass is 10.1. The highest BCUT2D eigenvalue weighted by Crippen LogP contribution is 2.37. The summed E-state index contributed by atoms with van der Waals surface area (Å²) in [5.74, 6) is 0.553. The quantitative estimate of drug-likeness (QED) is 0.784. The highest BCUT2D eigenvalue weighted by Gasteiger charge is 2.16. The zero-order valence-corrected chi connectivity index (χ0v) is 13.0. The van der Waals surface area contributed by atoms with Crippen molar-refractivity contribution >= 4 is 27.4 Å². The molecule has 0 saturated carbocycles. The van der Waals surface area contributed by atoms with Crippen LogP contribution >= 0.6 is 11.3 Å². The zero-order valence-electron chi connectivity index (χ0n) is 12.2. The average Bonchev–Trinajstić information content (AvgIpc) is 2.97. The second-order valence-electron chi connectivity index (χ2n) is 4.84. The van der Waals surface area contributed by atoms with Gasteiger partial charge in [0, 0.05) is 24.0 Å². The Hall–Kier alpha value is -2.05. The predicted molar refractivity (Wildman–Crippen MR) is 87.8 cm³/mol. The van der Waals surface area contributed by atoms with Crippen LogP contribution in [0.25, 0.3) is 21.3 Å². The number of thiophene rings is 1. The summed E-state index contributed by atoms with van der Waals surface area (Å²) in [6.45, 7) is 3.34. The molecule has 0 aliphatic carbocycles. The van der Waals surface area contributed by atoms with Gasteiger partial charge in [-0.1, -0.05) is 12.1 Å². The van der Waals surface area contributed by atoms with Gasteiger partial charge < -0.3 is 10.0 Å². The van der Waals surface area contributed by atoms with E-state index >= 15 is 0 Å². The Morgan fingerprint density at radius 3 is 2.68 bits per heavy atom. The van der Waals surface area contributed by atoms with E-state index in [0.29, 0.717) is 6.54 Å². The van der Waals surface area contributed by atoms with E-state index in [-0.39, 0.29) is 12.4 Å². The molecule has 0 atom stereocenters. The number of hydrogen-bond acceptors (Lipinski definition) is 5. The highest BCUT2D eigenvalue weighted by molar-refractivity contribution is 7.17. The van der Waals surface area contributed by atoms with Crippen LogP contribution < -0.4 is 4.90 Å². The second kappa shape index (κ2) is 6.37. The molecule has 2 heterocycles. The molecule has 0 spiro atoms. The molecule has 114 valence electrons. The minimum Gasteiger partial charge on any atom is -0.395 e. The third kappa shape index (κ3) is 2.67. The van der Waals surface area contributed by atoms with E-state index in [0.717, 1.165) is 33.7 Å². The number of aliphatic hydroxyl groups excluding tert-OH is 1. The Labute approximate surface area is 131 Å². The molecule has 0 radical (unpaired) electrons. The maximum absolute atomic E-state index is 13.1. The van der Waals surface area contributed by atoms with Crippen LogP contribution in [0.4, 0.5) is 10.2 Å². The van der Waals surface area contributed by atoms with Gasteiger partial charge in [0.05, 0.1) is 12.0 Å². The summed E-state index contributed by atoms with van der Waals surface area (Å²) in [6, 6.07) is 6.42. The van der Waals surface area contributed by atoms with Crippen molar-refractivity contribution in [1.82, 2.24) is 9.97 Å². The number of rotatable bonds is 5. The molecule has 0 amide bonds. The van der Waals surface area contributed by atoms with Gasteiger partial charge in [-0.3, -0.25) is 0 Å². The smallest absolute Gasteiger partial charge is 0.141 e. The van der Waals surface area contributed by atoms with Crippen molar-refractivity contribution in [2.45, 2.75) is 6.92 Å². The van der Waals surface area contributed by atoms with Crippen molar-refractivity contribution in [3.63, 3.8) is 0 Å². The summed E-state index contributed by atoms with van der Waals surface area (Å²) in [4.78, 5) is 11.6. The van der Waals surface area contributed by atoms with Crippen molar-refractivity contribution in [3.8, 4) is 11.1 Å². The lowest BCUT2D eigenvalue weighted by Gasteiger charge is -2.21. The fraction of sp³-hybridized carbons (Fsp3) is 0.250. The molecule has 6 heteroatoms. The van der Waals surface area contributed by atoms with Gasteiger partial charge in [-0.15, -0.1) is 11.3 Å². The molecule has 22 heavy (non-hydrogen) atoms. The summed E-state index contributed by atoms with van der Waals surface area (Å²) in [5, 5.41) is 12.2. The molecule has 4 nitrogen and oxygen atoms in total. The first-order chi connectivity index (χ1) is 10.7. The SMILES string of the molecule is CCN(CCO)c1ncnc2scc(-c3ccc(F)cc3)c12. The van der Waals surface area contributed by atoms with Crippen LogP contribution in [0, 0.1) is 5.82 Å². The first-order valence-corrected chi connectivity index (χ1v) is 7.96. The van der Waals surface area contributed by atoms with E-state index in [1.165, 1.54) is 23.5 Å². The fourth-order valence-electron chi connectivity index (χ4n) is 2.48. The average molecular weight is 317 g/mol. The van der Waals surface area contributed by atoms with Gasteiger partial charge in [0.2, 0.25) is 0 Å². The summed E-state index contributed by atoms with van der Waals surface area (Å²) < 4.78 is 13.1. The molecule has 3 rings (SSSR count). The molecule has 0 fully saturated rings. The number of halogens is 1. The van der Waals surface area contributed by atoms with Gasteiger partial charge in [-0.25, -0.2) is 14.4 Å². The Balaban J connectivity index is 2.18. The molecular formula is C16H16FN3OS. The first kappa shape index (κ1) is 14.9. The van der Waals surface area contributed by atoms with Crippen molar-refractivity contribution in [2.75, 3.05) is 24.6 Å². The molecule has 0 saturated heterocycles. The molecular weight excluding hydrogens is 301 g/mol. The Morgan fingerprint density at radius 1 is 1.23 bits per heavy atom. The number of hydrogen-bond donors (Lipinski definition) is 1. The number of fused-ring (bicyclic) bond motifs is 1. The van der Waals surface area contributed by atoms with E-state index in [2.05, 4.69) is 9.97 Å². The lowest BCUT2D eigenvalue weighted by molar-refractivity contribution is 0.302. The third-order valence-corrected chi connectivity index (χ3v) is 4.44. The van der Waals surface area contributed by atoms with Crippen molar-refractivity contribution in [1.29, 1.82) is 0 Å². The Kier molecular flexibility index (Phi) is 4.31. The van der Waals surface area contributed by atoms with Gasteiger partial charge in [0.15, 0.2) is 0 Å². The van der Waals surface area contributed by atoms with Gasteiger partial charge in [0.25, 0.3) is 0 Å². The van der Waals surface area contributed by atoms with E-state index in [9.17, 15) is 9.50 Å². The Bertz CT molecular complexity index is 773. The zero-order chi connectivity index (χ0) is 15.5. The van der Waals surface area contributed by atoms with Crippen LogP contribution in [-0.4, -0.2) is 34.8 Å². The maximum atomic E-state index is 13.1. The standard InChI is InChI=1S/C16H16FN3OS/c1-2-20(7-8-21)15-14-13(9-22-16(14)19-10-18-15)11-3-5-12(17)6-4-11/h3-6,9-10,21H,2,7-8H2,1H3. The summed E-state index contributed by atoms with van der Waals surface area (Å²) in [5.41, 5.74) is 1.93. The number of likely N-dealkylation sites (N-methyl/N-ethyl adjacent to an activating group) is 1. The van der Waals surface area contributed by atoms with Gasteiger partial charge in [-0.05, 0) is 24.6 Å². The number of nitrogens with zero attached hydrogens (tertiary/aromatic N) is 3. The topological polar surface area (TPSA) is 49.2 Å². The predicted octanol–water partition coefficient (Wildman–Crippen LogP) is 3.32. The van der Waals surface area contributed by atoms with Crippen LogP contribution in [0.1, 0.15) is 6.92 Å². The Morgan fingerprint density at radius 2 is 2.00 bits per heavy atom. The molecule has 0 bridgehead atoms. The number of aliphatic hydroxyl groups is 1. The largest absolute Gasteiger partial charge is 0.395 e. The van der Waals surface area contributed by atoms with Crippen molar-refractivity contribution in [3.05, 3.63) is 41.8 Å². The molecule has 0 aliphatic heterocycles. The van der Waals surface area contributed by atoms with E-state index < -0.39 is 0 Å². The normalized spacial score (nSPS) is 11.0. The molecule has 2 aromatic heterocycles. The van der Waals surface area contributed by atoms with Crippen molar-refractivity contribution < 1.29 is 9.50 Å². The van der Waals surface area contributed by atoms with Crippen LogP contribution in [0.15, 0.2) is 36.0 Å². The molecule has 1 aromatic carbocycles. The summed E-state index contributed by atoms with van der Waals surface area (Å²) in [6.07, 6.45) is 1.54. The number of anilines is 1. The maximum Gasteiger partial charge on any atom is 0.141 e. The molecule has 0 aliphatic rings. The van der Waals surface area contributed by atoms with Crippen LogP contribution in [0.3, 0.4) is 0 Å². The van der Waals surface area contributed by atoms with E-state index in [4.69, 9.17) is 0 Å². The van der Waals surface area contributed by atoms with Crippen molar-refractivity contribution in [2.24, 2.45) is 0 Å². The number of aromatic nitrogens is 2. The van der Waals surface area contributed by atoms with E-state index in [1.807, 2.05) is 17.2 Å². The van der Waals surface area contributed by atoms with Gasteiger partial charge in [-0.2, -0.15) is 0 Å². The van der Waals surface area contributed by atoms with Crippen LogP contribution in [0.2, 0.25) is 0 Å². The van der Waals surface area contributed by atoms with Crippen LogP contribution in [-0.2, 0) is 0 Å². The van der Waals surface area contributed by atoms with Gasteiger partial charge in [0.1, 0.15) is 22.8 Å². The highest BCUT2D eigenvalue weighted by atomic mass is 32.1. The lowest BCUT2D eigenvalue weighted by Crippen LogP contribution is -2.27. The second-order valence-corrected chi connectivity index (χ2v) is 5.70. The minimum absolute atomic E-state index is 0.0648.